The highest BCUT2D eigenvalue weighted by Crippen LogP contribution is 2.45. The van der Waals surface area contributed by atoms with E-state index in [4.69, 9.17) is 9.16 Å². The summed E-state index contributed by atoms with van der Waals surface area (Å²) in [6.45, 7) is 12.3. The lowest BCUT2D eigenvalue weighted by atomic mass is 9.98. The zero-order chi connectivity index (χ0) is 38.7. The van der Waals surface area contributed by atoms with E-state index in [-0.39, 0.29) is 55.3 Å². The number of hydrogen-bond donors (Lipinski definition) is 7. The molecule has 0 saturated heterocycles. The van der Waals surface area contributed by atoms with Crippen molar-refractivity contribution in [1.29, 1.82) is 0 Å². The van der Waals surface area contributed by atoms with E-state index in [9.17, 15) is 39.9 Å². The summed E-state index contributed by atoms with van der Waals surface area (Å²) >= 11 is 0. The number of carbonyl (C=O) groups is 3. The van der Waals surface area contributed by atoms with Gasteiger partial charge in [-0.1, -0.05) is 90.1 Å². The molecular weight excluding hydrogens is 687 g/mol. The molecule has 290 valence electrons. The molecule has 2 aromatic carbocycles. The van der Waals surface area contributed by atoms with Gasteiger partial charge in [-0.2, -0.15) is 0 Å². The van der Waals surface area contributed by atoms with Crippen molar-refractivity contribution in [3.8, 4) is 11.1 Å². The second-order valence-electron chi connectivity index (χ2n) is 14.7. The second kappa shape index (κ2) is 19.5. The average Bonchev–Trinajstić information content (AvgIpc) is 3.42. The van der Waals surface area contributed by atoms with E-state index < -0.39 is 56.9 Å². The molecule has 0 radical (unpaired) electrons. The van der Waals surface area contributed by atoms with Gasteiger partial charge in [-0.15, -0.1) is 0 Å². The number of alkyl carbamates (subject to hydrolysis) is 1. The smallest absolute Gasteiger partial charge is 0.407 e. The van der Waals surface area contributed by atoms with Gasteiger partial charge < -0.3 is 50.2 Å². The first-order valence-corrected chi connectivity index (χ1v) is 20.4. The molecule has 1 aliphatic carbocycles. The number of aliphatic carboxylic acids is 1. The van der Waals surface area contributed by atoms with E-state index in [1.165, 1.54) is 7.05 Å². The lowest BCUT2D eigenvalue weighted by Gasteiger charge is -2.43. The minimum absolute atomic E-state index is 0.0579. The molecule has 2 aromatic rings. The highest BCUT2D eigenvalue weighted by molar-refractivity contribution is 6.77. The van der Waals surface area contributed by atoms with Gasteiger partial charge in [0, 0.05) is 19.5 Å². The Morgan fingerprint density at radius 2 is 1.33 bits per heavy atom. The molecule has 0 unspecified atom stereocenters. The number of aliphatic hydroxyl groups excluding tert-OH is 4. The van der Waals surface area contributed by atoms with Gasteiger partial charge in [0.25, 0.3) is 0 Å². The summed E-state index contributed by atoms with van der Waals surface area (Å²) in [7, 11) is -0.929. The molecule has 52 heavy (non-hydrogen) atoms. The van der Waals surface area contributed by atoms with Crippen molar-refractivity contribution in [2.24, 2.45) is 0 Å². The Kier molecular flexibility index (Phi) is 16.1. The first-order chi connectivity index (χ1) is 24.5. The van der Waals surface area contributed by atoms with Crippen LogP contribution in [0.2, 0.25) is 16.6 Å². The maximum Gasteiger partial charge on any atom is 0.407 e. The van der Waals surface area contributed by atoms with Crippen molar-refractivity contribution >= 4 is 26.4 Å². The number of nitrogens with zero attached hydrogens (tertiary/aromatic N) is 1. The van der Waals surface area contributed by atoms with Gasteiger partial charge in [0.2, 0.25) is 0 Å². The summed E-state index contributed by atoms with van der Waals surface area (Å²) in [6, 6.07) is 14.1. The third kappa shape index (κ3) is 10.5. The molecule has 0 heterocycles. The molecule has 0 saturated carbocycles. The molecule has 0 fully saturated rings. The standard InChI is InChI=1S/C38H59N3O10Si/c1-23(2)52(24(3)4,25(5)6)51-22-33(43)35(45)34(44)32(42)20-41(7)37(48)39-19-13-12-18-31(36(46)47)40-38(49)50-21-30-28-16-10-8-14-26(28)27-15-9-11-17-29(27)30/h8-11,14-17,23-25,30-35,42-45H,12-13,18-22H2,1-7H3,(H,39,48)(H,40,49)(H,46,47)/t31-,32+,33-,34-,35-/m1/s1. The van der Waals surface area contributed by atoms with Gasteiger partial charge in [-0.25, -0.2) is 14.4 Å². The Bertz CT molecular complexity index is 1410. The molecule has 3 rings (SSSR count). The lowest BCUT2D eigenvalue weighted by Crippen LogP contribution is -2.53. The fraction of sp³-hybridized carbons (Fsp3) is 0.605. The van der Waals surface area contributed by atoms with Gasteiger partial charge >= 0.3 is 18.1 Å². The van der Waals surface area contributed by atoms with E-state index in [2.05, 4.69) is 52.2 Å². The normalized spacial score (nSPS) is 15.8. The Labute approximate surface area is 308 Å². The number of ether oxygens (including phenoxy) is 1. The van der Waals surface area contributed by atoms with Gasteiger partial charge in [0.1, 0.15) is 37.1 Å². The van der Waals surface area contributed by atoms with Crippen LogP contribution < -0.4 is 10.6 Å². The fourth-order valence-electron chi connectivity index (χ4n) is 7.60. The molecule has 3 amide bonds. The number of carbonyl (C=O) groups excluding carboxylic acids is 2. The van der Waals surface area contributed by atoms with Crippen LogP contribution in [0.3, 0.4) is 0 Å². The third-order valence-corrected chi connectivity index (χ3v) is 16.4. The molecule has 0 aromatic heterocycles. The zero-order valence-electron chi connectivity index (χ0n) is 31.5. The van der Waals surface area contributed by atoms with E-state index in [0.29, 0.717) is 12.8 Å². The van der Waals surface area contributed by atoms with E-state index in [1.807, 2.05) is 48.5 Å². The van der Waals surface area contributed by atoms with Crippen LogP contribution in [0.25, 0.3) is 11.1 Å². The van der Waals surface area contributed by atoms with Crippen molar-refractivity contribution in [1.82, 2.24) is 15.5 Å². The number of likely N-dealkylation sites (N-methyl/N-ethyl adjacent to an activating group) is 1. The second-order valence-corrected chi connectivity index (χ2v) is 20.2. The largest absolute Gasteiger partial charge is 0.480 e. The van der Waals surface area contributed by atoms with Crippen molar-refractivity contribution in [3.63, 3.8) is 0 Å². The topological polar surface area (TPSA) is 198 Å². The molecule has 7 N–H and O–H groups in total. The minimum Gasteiger partial charge on any atom is -0.480 e. The van der Waals surface area contributed by atoms with Crippen molar-refractivity contribution in [2.45, 2.75) is 114 Å². The highest BCUT2D eigenvalue weighted by Gasteiger charge is 2.46. The Hall–Kier alpha value is -3.53. The van der Waals surface area contributed by atoms with Crippen LogP contribution in [0, 0.1) is 0 Å². The van der Waals surface area contributed by atoms with Crippen molar-refractivity contribution < 1.29 is 49.1 Å². The number of carboxylic acids is 1. The summed E-state index contributed by atoms with van der Waals surface area (Å²) in [4.78, 5) is 38.2. The first-order valence-electron chi connectivity index (χ1n) is 18.2. The fourth-order valence-corrected chi connectivity index (χ4v) is 13.1. The maximum absolute atomic E-state index is 12.6. The van der Waals surface area contributed by atoms with Gasteiger partial charge in [-0.3, -0.25) is 0 Å². The first kappa shape index (κ1) is 42.9. The molecule has 5 atom stereocenters. The van der Waals surface area contributed by atoms with E-state index in [0.717, 1.165) is 27.2 Å². The Morgan fingerprint density at radius 3 is 1.85 bits per heavy atom. The van der Waals surface area contributed by atoms with Gasteiger partial charge in [0.15, 0.2) is 8.32 Å². The predicted molar refractivity (Wildman–Crippen MR) is 201 cm³/mol. The van der Waals surface area contributed by atoms with Crippen LogP contribution in [0.15, 0.2) is 48.5 Å². The summed E-state index contributed by atoms with van der Waals surface area (Å²) in [5.74, 6) is -1.36. The number of aliphatic hydroxyl groups is 4. The van der Waals surface area contributed by atoms with Crippen molar-refractivity contribution in [3.05, 3.63) is 59.7 Å². The van der Waals surface area contributed by atoms with Crippen LogP contribution in [0.4, 0.5) is 9.59 Å². The highest BCUT2D eigenvalue weighted by atomic mass is 28.4. The predicted octanol–water partition coefficient (Wildman–Crippen LogP) is 4.43. The molecule has 0 aliphatic heterocycles. The summed E-state index contributed by atoms with van der Waals surface area (Å²) in [5.41, 5.74) is 5.02. The number of nitrogens with one attached hydrogen (secondary N) is 2. The molecule has 13 nitrogen and oxygen atoms in total. The molecule has 1 aliphatic rings. The summed E-state index contributed by atoms with van der Waals surface area (Å²) < 4.78 is 11.8. The number of carboxylic acid groups (broad SMARTS) is 1. The molecule has 14 heteroatoms. The van der Waals surface area contributed by atoms with Crippen LogP contribution in [-0.2, 0) is 14.0 Å². The van der Waals surface area contributed by atoms with E-state index >= 15 is 0 Å². The van der Waals surface area contributed by atoms with Crippen LogP contribution in [-0.4, -0.2) is 121 Å². The average molecular weight is 746 g/mol. The van der Waals surface area contributed by atoms with E-state index in [1.54, 1.807) is 0 Å². The SMILES string of the molecule is CC(C)[Si](OC[C@@H](O)[C@@H](O)[C@H](O)[C@@H](O)CN(C)C(=O)NCCCC[C@@H](NC(=O)OCC1c2ccccc2-c2ccccc21)C(=O)O)(C(C)C)C(C)C. The van der Waals surface area contributed by atoms with Crippen LogP contribution >= 0.6 is 0 Å². The summed E-state index contributed by atoms with van der Waals surface area (Å²) in [5, 5.41) is 57.1. The minimum atomic E-state index is -2.34. The zero-order valence-corrected chi connectivity index (χ0v) is 32.5. The number of benzene rings is 2. The number of amides is 3. The van der Waals surface area contributed by atoms with Gasteiger partial charge in [0.05, 0.1) is 13.2 Å². The van der Waals surface area contributed by atoms with Crippen LogP contribution in [0.5, 0.6) is 0 Å². The third-order valence-electron chi connectivity index (χ3n) is 10.3. The molecule has 0 spiro atoms. The summed E-state index contributed by atoms with van der Waals surface area (Å²) in [6.07, 6.45) is -6.38. The monoisotopic (exact) mass is 745 g/mol. The number of hydrogen-bond acceptors (Lipinski definition) is 9. The number of unbranched alkanes of at least 4 members (excludes halogenated alkanes) is 1. The number of fused-ring (bicyclic) bond motifs is 3. The molecule has 0 bridgehead atoms. The van der Waals surface area contributed by atoms with Crippen molar-refractivity contribution in [2.75, 3.05) is 33.4 Å². The maximum atomic E-state index is 12.6. The quantitative estimate of drug-likeness (QED) is 0.0752. The Balaban J connectivity index is 1.39. The van der Waals surface area contributed by atoms with Gasteiger partial charge in [-0.05, 0) is 58.1 Å². The molecular formula is C38H59N3O10Si. The Morgan fingerprint density at radius 1 is 0.808 bits per heavy atom. The number of urea groups is 1. The van der Waals surface area contributed by atoms with Crippen LogP contribution in [0.1, 0.15) is 77.8 Å². The lowest BCUT2D eigenvalue weighted by molar-refractivity contribution is -0.139. The number of rotatable bonds is 20.